The second-order valence-corrected chi connectivity index (χ2v) is 4.57. The lowest BCUT2D eigenvalue weighted by atomic mass is 9.83. The SMILES string of the molecule is C=C=C(CCCC)C(O)C(C)(C)C. The first-order valence-corrected chi connectivity index (χ1v) is 5.00. The third-order valence-corrected chi connectivity index (χ3v) is 2.18. The van der Waals surface area contributed by atoms with Crippen LogP contribution in [-0.2, 0) is 0 Å². The van der Waals surface area contributed by atoms with Crippen LogP contribution in [0.5, 0.6) is 0 Å². The van der Waals surface area contributed by atoms with Crippen LogP contribution in [0, 0.1) is 5.41 Å². The van der Waals surface area contributed by atoms with Gasteiger partial charge in [0.15, 0.2) is 0 Å². The van der Waals surface area contributed by atoms with Gasteiger partial charge in [-0.3, -0.25) is 0 Å². The highest BCUT2D eigenvalue weighted by molar-refractivity contribution is 5.09. The zero-order chi connectivity index (χ0) is 10.5. The van der Waals surface area contributed by atoms with Crippen LogP contribution in [0.2, 0.25) is 0 Å². The van der Waals surface area contributed by atoms with Gasteiger partial charge in [-0.1, -0.05) is 40.7 Å². The molecule has 0 heterocycles. The first-order chi connectivity index (χ1) is 5.93. The first-order valence-electron chi connectivity index (χ1n) is 5.00. The van der Waals surface area contributed by atoms with E-state index in [1.165, 1.54) is 0 Å². The molecule has 1 unspecified atom stereocenters. The average molecular weight is 182 g/mol. The van der Waals surface area contributed by atoms with Gasteiger partial charge >= 0.3 is 0 Å². The molecule has 0 aromatic rings. The molecule has 1 heteroatoms. The molecule has 0 saturated heterocycles. The van der Waals surface area contributed by atoms with Gasteiger partial charge in [0.1, 0.15) is 0 Å². The second kappa shape index (κ2) is 5.26. The average Bonchev–Trinajstić information content (AvgIpc) is 2.04. The highest BCUT2D eigenvalue weighted by atomic mass is 16.3. The molecule has 0 aliphatic rings. The second-order valence-electron chi connectivity index (χ2n) is 4.57. The van der Waals surface area contributed by atoms with Crippen molar-refractivity contribution >= 4 is 0 Å². The van der Waals surface area contributed by atoms with E-state index in [-0.39, 0.29) is 5.41 Å². The Balaban J connectivity index is 4.35. The van der Waals surface area contributed by atoms with Crippen LogP contribution in [-0.4, -0.2) is 11.2 Å². The van der Waals surface area contributed by atoms with Crippen molar-refractivity contribution in [3.05, 3.63) is 17.9 Å². The Bertz CT molecular complexity index is 192. The standard InChI is InChI=1S/C12H22O/c1-6-8-9-10(7-2)11(13)12(3,4)5/h11,13H,2,6,8-9H2,1,3-5H3. The summed E-state index contributed by atoms with van der Waals surface area (Å²) in [5.74, 6) is 0. The molecule has 0 aliphatic carbocycles. The van der Waals surface area contributed by atoms with Gasteiger partial charge in [0.05, 0.1) is 6.10 Å². The van der Waals surface area contributed by atoms with Crippen molar-refractivity contribution in [1.29, 1.82) is 0 Å². The lowest BCUT2D eigenvalue weighted by Crippen LogP contribution is -2.27. The molecule has 1 N–H and O–H groups in total. The topological polar surface area (TPSA) is 20.2 Å². The third-order valence-electron chi connectivity index (χ3n) is 2.18. The number of aliphatic hydroxyl groups is 1. The van der Waals surface area contributed by atoms with Gasteiger partial charge < -0.3 is 5.11 Å². The van der Waals surface area contributed by atoms with Crippen LogP contribution in [0.4, 0.5) is 0 Å². The summed E-state index contributed by atoms with van der Waals surface area (Å²) in [6, 6.07) is 0. The molecule has 0 aromatic carbocycles. The molecule has 0 saturated carbocycles. The summed E-state index contributed by atoms with van der Waals surface area (Å²) in [5, 5.41) is 9.93. The van der Waals surface area contributed by atoms with Crippen LogP contribution < -0.4 is 0 Å². The molecule has 0 radical (unpaired) electrons. The highest BCUT2D eigenvalue weighted by Crippen LogP contribution is 2.26. The lowest BCUT2D eigenvalue weighted by molar-refractivity contribution is 0.0917. The Labute approximate surface area is 82.2 Å². The number of hydrogen-bond donors (Lipinski definition) is 1. The van der Waals surface area contributed by atoms with Crippen LogP contribution in [0.1, 0.15) is 47.0 Å². The van der Waals surface area contributed by atoms with Crippen molar-refractivity contribution in [3.8, 4) is 0 Å². The number of unbranched alkanes of at least 4 members (excludes halogenated alkanes) is 1. The Morgan fingerprint density at radius 3 is 2.31 bits per heavy atom. The van der Waals surface area contributed by atoms with Crippen molar-refractivity contribution in [1.82, 2.24) is 0 Å². The van der Waals surface area contributed by atoms with Gasteiger partial charge in [-0.05, 0) is 23.8 Å². The van der Waals surface area contributed by atoms with E-state index in [9.17, 15) is 5.11 Å². The van der Waals surface area contributed by atoms with Crippen molar-refractivity contribution < 1.29 is 5.11 Å². The van der Waals surface area contributed by atoms with Gasteiger partial charge in [-0.25, -0.2) is 0 Å². The summed E-state index contributed by atoms with van der Waals surface area (Å²) < 4.78 is 0. The maximum Gasteiger partial charge on any atom is 0.0871 e. The summed E-state index contributed by atoms with van der Waals surface area (Å²) in [5.41, 5.74) is 3.71. The number of rotatable bonds is 4. The van der Waals surface area contributed by atoms with E-state index in [0.29, 0.717) is 0 Å². The molecule has 0 fully saturated rings. The minimum absolute atomic E-state index is 0.103. The van der Waals surface area contributed by atoms with Crippen molar-refractivity contribution in [2.75, 3.05) is 0 Å². The van der Waals surface area contributed by atoms with Crippen molar-refractivity contribution in [3.63, 3.8) is 0 Å². The van der Waals surface area contributed by atoms with Crippen molar-refractivity contribution in [2.24, 2.45) is 5.41 Å². The summed E-state index contributed by atoms with van der Waals surface area (Å²) in [6.45, 7) is 11.9. The smallest absolute Gasteiger partial charge is 0.0871 e. The predicted octanol–water partition coefficient (Wildman–Crippen LogP) is 3.29. The van der Waals surface area contributed by atoms with Gasteiger partial charge in [-0.15, -0.1) is 5.73 Å². The van der Waals surface area contributed by atoms with E-state index in [2.05, 4.69) is 19.2 Å². The Hall–Kier alpha value is -0.520. The monoisotopic (exact) mass is 182 g/mol. The fourth-order valence-electron chi connectivity index (χ4n) is 1.21. The minimum atomic E-state index is -0.406. The molecule has 0 aromatic heterocycles. The van der Waals surface area contributed by atoms with Gasteiger partial charge in [-0.2, -0.15) is 0 Å². The number of hydrogen-bond acceptors (Lipinski definition) is 1. The summed E-state index contributed by atoms with van der Waals surface area (Å²) in [4.78, 5) is 0. The van der Waals surface area contributed by atoms with Crippen LogP contribution >= 0.6 is 0 Å². The van der Waals surface area contributed by atoms with E-state index < -0.39 is 6.10 Å². The Kier molecular flexibility index (Phi) is 5.05. The zero-order valence-corrected chi connectivity index (χ0v) is 9.35. The molecular formula is C12H22O. The molecule has 76 valence electrons. The molecule has 0 aliphatic heterocycles. The third kappa shape index (κ3) is 4.31. The molecule has 0 bridgehead atoms. The van der Waals surface area contributed by atoms with E-state index in [1.54, 1.807) is 0 Å². The molecule has 0 spiro atoms. The summed E-state index contributed by atoms with van der Waals surface area (Å²) >= 11 is 0. The highest BCUT2D eigenvalue weighted by Gasteiger charge is 2.24. The maximum atomic E-state index is 9.93. The lowest BCUT2D eigenvalue weighted by Gasteiger charge is -2.27. The van der Waals surface area contributed by atoms with Gasteiger partial charge in [0.25, 0.3) is 0 Å². The van der Waals surface area contributed by atoms with Crippen LogP contribution in [0.15, 0.2) is 17.9 Å². The fraction of sp³-hybridized carbons (Fsp3) is 0.750. The molecule has 0 amide bonds. The summed E-state index contributed by atoms with van der Waals surface area (Å²) in [7, 11) is 0. The van der Waals surface area contributed by atoms with Gasteiger partial charge in [0.2, 0.25) is 0 Å². The molecule has 1 atom stereocenters. The Morgan fingerprint density at radius 1 is 1.46 bits per heavy atom. The fourth-order valence-corrected chi connectivity index (χ4v) is 1.21. The minimum Gasteiger partial charge on any atom is -0.388 e. The van der Waals surface area contributed by atoms with E-state index >= 15 is 0 Å². The van der Waals surface area contributed by atoms with Crippen LogP contribution in [0.25, 0.3) is 0 Å². The molecular weight excluding hydrogens is 160 g/mol. The largest absolute Gasteiger partial charge is 0.388 e. The van der Waals surface area contributed by atoms with Crippen LogP contribution in [0.3, 0.4) is 0 Å². The first kappa shape index (κ1) is 12.5. The predicted molar refractivity (Wildman–Crippen MR) is 57.6 cm³/mol. The zero-order valence-electron chi connectivity index (χ0n) is 9.35. The van der Waals surface area contributed by atoms with Gasteiger partial charge in [0, 0.05) is 0 Å². The number of aliphatic hydroxyl groups excluding tert-OH is 1. The normalized spacial score (nSPS) is 13.6. The molecule has 1 nitrogen and oxygen atoms in total. The Morgan fingerprint density at radius 2 is 2.00 bits per heavy atom. The molecule has 13 heavy (non-hydrogen) atoms. The van der Waals surface area contributed by atoms with E-state index in [1.807, 2.05) is 20.8 Å². The van der Waals surface area contributed by atoms with E-state index in [4.69, 9.17) is 0 Å². The summed E-state index contributed by atoms with van der Waals surface area (Å²) in [6.07, 6.45) is 2.75. The van der Waals surface area contributed by atoms with E-state index in [0.717, 1.165) is 24.8 Å². The maximum absolute atomic E-state index is 9.93. The quantitative estimate of drug-likeness (QED) is 0.661. The molecule has 0 rings (SSSR count). The van der Waals surface area contributed by atoms with Crippen molar-refractivity contribution in [2.45, 2.75) is 53.1 Å².